The van der Waals surface area contributed by atoms with E-state index in [0.29, 0.717) is 0 Å². The summed E-state index contributed by atoms with van der Waals surface area (Å²) in [6.45, 7) is 0. The Labute approximate surface area is 173 Å². The van der Waals surface area contributed by atoms with Crippen molar-refractivity contribution in [2.75, 3.05) is 0 Å². The quantitative estimate of drug-likeness (QED) is 0.365. The van der Waals surface area contributed by atoms with E-state index in [-0.39, 0.29) is 179 Å². The maximum absolute atomic E-state index is 0. The van der Waals surface area contributed by atoms with Gasteiger partial charge in [0, 0.05) is 118 Å². The first-order valence-corrected chi connectivity index (χ1v) is 0. The van der Waals surface area contributed by atoms with Crippen molar-refractivity contribution in [1.82, 2.24) is 0 Å². The first kappa shape index (κ1) is 40.4. The van der Waals surface area contributed by atoms with Crippen LogP contribution in [0, 0.1) is 39.9 Å². The van der Waals surface area contributed by atoms with Gasteiger partial charge in [-0.1, -0.05) is 0 Å². The molecule has 0 atom stereocenters. The molecule has 0 aliphatic heterocycles. The number of rotatable bonds is 0. The van der Waals surface area contributed by atoms with E-state index in [1.807, 2.05) is 0 Å². The van der Waals surface area contributed by atoms with Crippen molar-refractivity contribution in [3.05, 3.63) is 0 Å². The van der Waals surface area contributed by atoms with Crippen LogP contribution in [0.15, 0.2) is 0 Å². The molecule has 0 N–H and O–H groups in total. The van der Waals surface area contributed by atoms with Crippen LogP contribution in [0.5, 0.6) is 0 Å². The van der Waals surface area contributed by atoms with Gasteiger partial charge in [-0.15, -0.1) is 0 Å². The van der Waals surface area contributed by atoms with Gasteiger partial charge in [0.2, 0.25) is 0 Å². The van der Waals surface area contributed by atoms with E-state index in [0.717, 1.165) is 0 Å². The van der Waals surface area contributed by atoms with E-state index >= 15 is 0 Å². The molecular formula is H4CaGdMgYZnZr. The molecule has 6 heavy (non-hydrogen) atoms. The Morgan fingerprint density at radius 1 is 1.00 bits per heavy atom. The topological polar surface area (TPSA) is 0 Å². The molecule has 0 aromatic carbocycles. The number of hydrogen-bond acceptors (Lipinski definition) is 0. The minimum Gasteiger partial charge on any atom is 0 e. The summed E-state index contributed by atoms with van der Waals surface area (Å²) >= 11 is 0. The summed E-state index contributed by atoms with van der Waals surface area (Å²) in [4.78, 5) is 0. The Kier molecular flexibility index (Phi) is 206. The molecule has 0 saturated heterocycles. The second-order valence-electron chi connectivity index (χ2n) is 0. The summed E-state index contributed by atoms with van der Waals surface area (Å²) in [5, 5.41) is 0. The Balaban J connectivity index is 0. The summed E-state index contributed by atoms with van der Waals surface area (Å²) in [6, 6.07) is 0. The summed E-state index contributed by atoms with van der Waals surface area (Å²) in [5.41, 5.74) is 0. The van der Waals surface area contributed by atoms with Crippen LogP contribution < -0.4 is 0 Å². The van der Waals surface area contributed by atoms with Crippen molar-refractivity contribution in [3.63, 3.8) is 0 Å². The first-order valence-electron chi connectivity index (χ1n) is 0. The van der Waals surface area contributed by atoms with Crippen LogP contribution in [-0.4, -0.2) is 60.8 Å². The molecular weight excluding hydrogens is 467 g/mol. The van der Waals surface area contributed by atoms with Crippen LogP contribution >= 0.6 is 0 Å². The minimum atomic E-state index is 0. The average molecular weight is 471 g/mol. The predicted molar refractivity (Wildman–Crippen MR) is 17.1 cm³/mol. The monoisotopic (exact) mass is 469 g/mol. The summed E-state index contributed by atoms with van der Waals surface area (Å²) < 4.78 is 0. The van der Waals surface area contributed by atoms with Crippen molar-refractivity contribution >= 4 is 60.8 Å². The third-order valence-corrected chi connectivity index (χ3v) is 0. The third-order valence-electron chi connectivity index (χ3n) is 0. The molecule has 0 aliphatic carbocycles. The van der Waals surface area contributed by atoms with Gasteiger partial charge in [0.05, 0.1) is 0 Å². The fourth-order valence-corrected chi connectivity index (χ4v) is 0. The van der Waals surface area contributed by atoms with Crippen molar-refractivity contribution in [2.24, 2.45) is 0 Å². The van der Waals surface area contributed by atoms with Crippen molar-refractivity contribution in [2.45, 2.75) is 0 Å². The molecule has 0 rings (SSSR count). The van der Waals surface area contributed by atoms with Gasteiger partial charge in [-0.25, -0.2) is 0 Å². The Bertz CT molecular complexity index is 15.5. The maximum atomic E-state index is 0. The SMILES string of the molecule is [CaH2].[Gd].[MgH2].[Y].[Zn].[Zr]. The fourth-order valence-electron chi connectivity index (χ4n) is 0. The van der Waals surface area contributed by atoms with Crippen molar-refractivity contribution < 1.29 is 118 Å². The summed E-state index contributed by atoms with van der Waals surface area (Å²) in [6.07, 6.45) is 0. The van der Waals surface area contributed by atoms with Gasteiger partial charge >= 0.3 is 60.8 Å². The normalized spacial score (nSPS) is 0. The smallest absolute Gasteiger partial charge is 0 e. The van der Waals surface area contributed by atoms with Crippen LogP contribution in [0.3, 0.4) is 0 Å². The maximum Gasteiger partial charge on any atom is 0.316 e. The molecule has 1 radical (unpaired) electrons. The molecule has 0 saturated carbocycles. The molecule has 0 aromatic rings. The Morgan fingerprint density at radius 2 is 1.00 bits per heavy atom. The average Bonchev–Trinajstić information content (AvgIpc) is 0. The Hall–Kier alpha value is 5.96. The van der Waals surface area contributed by atoms with Crippen LogP contribution in [0.25, 0.3) is 0 Å². The van der Waals surface area contributed by atoms with Gasteiger partial charge in [0.15, 0.2) is 0 Å². The van der Waals surface area contributed by atoms with Crippen molar-refractivity contribution in [1.29, 1.82) is 0 Å². The van der Waals surface area contributed by atoms with Gasteiger partial charge < -0.3 is 0 Å². The predicted octanol–water partition coefficient (Wildman–Crippen LogP) is -1.84. The van der Waals surface area contributed by atoms with Gasteiger partial charge in [-0.3, -0.25) is 0 Å². The van der Waals surface area contributed by atoms with Crippen LogP contribution in [0.1, 0.15) is 0 Å². The van der Waals surface area contributed by atoms with E-state index in [1.54, 1.807) is 0 Å². The standard InChI is InChI=1S/Ca.Gd.Mg.Y.Zn.Zr.4H. The molecule has 0 fully saturated rings. The minimum absolute atomic E-state index is 0. The molecule has 0 amide bonds. The molecule has 0 nitrogen and oxygen atoms in total. The van der Waals surface area contributed by atoms with Crippen LogP contribution in [0.4, 0.5) is 0 Å². The van der Waals surface area contributed by atoms with E-state index in [1.165, 1.54) is 0 Å². The van der Waals surface area contributed by atoms with Gasteiger partial charge in [0.1, 0.15) is 0 Å². The van der Waals surface area contributed by atoms with Crippen molar-refractivity contribution in [3.8, 4) is 0 Å². The molecule has 0 aliphatic rings. The van der Waals surface area contributed by atoms with Crippen LogP contribution in [0.2, 0.25) is 0 Å². The third kappa shape index (κ3) is 22.5. The van der Waals surface area contributed by atoms with Gasteiger partial charge in [-0.05, 0) is 0 Å². The van der Waals surface area contributed by atoms with E-state index in [9.17, 15) is 0 Å². The molecule has 25 valence electrons. The van der Waals surface area contributed by atoms with E-state index in [2.05, 4.69) is 0 Å². The van der Waals surface area contributed by atoms with E-state index in [4.69, 9.17) is 0 Å². The van der Waals surface area contributed by atoms with Gasteiger partial charge in [-0.2, -0.15) is 0 Å². The Morgan fingerprint density at radius 3 is 1.00 bits per heavy atom. The zero-order valence-electron chi connectivity index (χ0n) is 2.14. The molecule has 0 heterocycles. The first-order chi connectivity index (χ1) is 0. The zero-order chi connectivity index (χ0) is 0. The molecule has 0 bridgehead atoms. The molecule has 0 spiro atoms. The van der Waals surface area contributed by atoms with Crippen LogP contribution in [-0.2, 0) is 78.4 Å². The number of hydrogen-bond donors (Lipinski definition) is 0. The molecule has 0 unspecified atom stereocenters. The summed E-state index contributed by atoms with van der Waals surface area (Å²) in [7, 11) is 0. The second kappa shape index (κ2) is 30.6. The van der Waals surface area contributed by atoms with E-state index < -0.39 is 0 Å². The molecule has 6 heteroatoms. The second-order valence-corrected chi connectivity index (χ2v) is 0. The molecule has 0 aromatic heterocycles. The summed E-state index contributed by atoms with van der Waals surface area (Å²) in [5.74, 6) is 0. The van der Waals surface area contributed by atoms with Gasteiger partial charge in [0.25, 0.3) is 0 Å². The largest absolute Gasteiger partial charge is 0.316 e. The zero-order valence-corrected chi connectivity index (χ0v) is 12.7. The fraction of sp³-hybridized carbons (Fsp3) is 0.